The van der Waals surface area contributed by atoms with Gasteiger partial charge in [0.25, 0.3) is 5.91 Å². The Balaban J connectivity index is 1.72. The molecule has 0 radical (unpaired) electrons. The highest BCUT2D eigenvalue weighted by molar-refractivity contribution is 5.94. The minimum Gasteiger partial charge on any atom is -0.494 e. The Kier molecular flexibility index (Phi) is 5.12. The number of ether oxygens (including phenoxy) is 3. The van der Waals surface area contributed by atoms with Gasteiger partial charge >= 0.3 is 0 Å². The van der Waals surface area contributed by atoms with E-state index in [1.165, 1.54) is 6.20 Å². The van der Waals surface area contributed by atoms with Gasteiger partial charge in [-0.1, -0.05) is 12.1 Å². The van der Waals surface area contributed by atoms with Crippen LogP contribution in [0.2, 0.25) is 0 Å². The normalized spacial score (nSPS) is 20.1. The molecule has 1 fully saturated rings. The first-order valence-electron chi connectivity index (χ1n) is 7.91. The van der Waals surface area contributed by atoms with Crippen LogP contribution in [0.1, 0.15) is 17.3 Å². The Hall–Kier alpha value is -2.38. The summed E-state index contributed by atoms with van der Waals surface area (Å²) in [5.74, 6) is 0.490. The molecule has 1 aliphatic rings. The molecule has 0 spiro atoms. The van der Waals surface area contributed by atoms with Gasteiger partial charge in [0.05, 0.1) is 38.1 Å². The number of aromatic nitrogens is 2. The van der Waals surface area contributed by atoms with Crippen molar-refractivity contribution in [2.75, 3.05) is 26.9 Å². The summed E-state index contributed by atoms with van der Waals surface area (Å²) in [6.45, 7) is 3.47. The number of para-hydroxylation sites is 2. The Morgan fingerprint density at radius 2 is 2.25 bits per heavy atom. The fourth-order valence-corrected chi connectivity index (χ4v) is 2.69. The summed E-state index contributed by atoms with van der Waals surface area (Å²) >= 11 is 0. The molecule has 0 bridgehead atoms. The van der Waals surface area contributed by atoms with Gasteiger partial charge in [0.1, 0.15) is 17.5 Å². The quantitative estimate of drug-likeness (QED) is 0.866. The van der Waals surface area contributed by atoms with Crippen LogP contribution in [0.3, 0.4) is 0 Å². The Morgan fingerprint density at radius 1 is 1.42 bits per heavy atom. The van der Waals surface area contributed by atoms with Gasteiger partial charge in [0.2, 0.25) is 0 Å². The second-order valence-electron chi connectivity index (χ2n) is 5.46. The minimum absolute atomic E-state index is 0.108. The first-order valence-corrected chi connectivity index (χ1v) is 7.91. The lowest BCUT2D eigenvalue weighted by Crippen LogP contribution is -2.43. The van der Waals surface area contributed by atoms with Gasteiger partial charge in [0.15, 0.2) is 0 Å². The topological polar surface area (TPSA) is 74.6 Å². The zero-order chi connectivity index (χ0) is 16.9. The maximum Gasteiger partial charge on any atom is 0.254 e. The Morgan fingerprint density at radius 3 is 3.04 bits per heavy atom. The predicted octanol–water partition coefficient (Wildman–Crippen LogP) is 1.41. The van der Waals surface area contributed by atoms with Crippen molar-refractivity contribution in [1.29, 1.82) is 0 Å². The smallest absolute Gasteiger partial charge is 0.254 e. The van der Waals surface area contributed by atoms with E-state index in [0.717, 1.165) is 5.69 Å². The summed E-state index contributed by atoms with van der Waals surface area (Å²) < 4.78 is 17.9. The van der Waals surface area contributed by atoms with Crippen LogP contribution in [-0.2, 0) is 9.47 Å². The number of amides is 1. The molecule has 2 atom stereocenters. The van der Waals surface area contributed by atoms with Crippen molar-refractivity contribution in [3.05, 3.63) is 42.2 Å². The summed E-state index contributed by atoms with van der Waals surface area (Å²) in [6.07, 6.45) is 3.11. The van der Waals surface area contributed by atoms with Crippen LogP contribution < -0.4 is 10.1 Å². The van der Waals surface area contributed by atoms with E-state index >= 15 is 0 Å². The lowest BCUT2D eigenvalue weighted by Gasteiger charge is -2.18. The third-order valence-electron chi connectivity index (χ3n) is 3.90. The van der Waals surface area contributed by atoms with Crippen LogP contribution in [-0.4, -0.2) is 54.8 Å². The fourth-order valence-electron chi connectivity index (χ4n) is 2.69. The van der Waals surface area contributed by atoms with Gasteiger partial charge in [-0.05, 0) is 19.1 Å². The third kappa shape index (κ3) is 3.42. The van der Waals surface area contributed by atoms with Gasteiger partial charge in [-0.15, -0.1) is 0 Å². The monoisotopic (exact) mass is 331 g/mol. The minimum atomic E-state index is -0.198. The highest BCUT2D eigenvalue weighted by atomic mass is 16.5. The molecule has 1 N–H and O–H groups in total. The lowest BCUT2D eigenvalue weighted by molar-refractivity contribution is 0.0402. The number of nitrogens with zero attached hydrogens (tertiary/aromatic N) is 2. The lowest BCUT2D eigenvalue weighted by atomic mass is 10.2. The molecule has 0 saturated carbocycles. The molecule has 2 aromatic rings. The molecule has 0 unspecified atom stereocenters. The van der Waals surface area contributed by atoms with E-state index in [1.807, 2.05) is 31.2 Å². The maximum atomic E-state index is 12.4. The molecule has 1 aliphatic heterocycles. The number of hydrogen-bond acceptors (Lipinski definition) is 5. The van der Waals surface area contributed by atoms with Crippen LogP contribution in [0.5, 0.6) is 5.75 Å². The van der Waals surface area contributed by atoms with Crippen LogP contribution in [0.4, 0.5) is 0 Å². The SMILES string of the molecule is CCO[C@@H]1COC[C@H]1NC(=O)c1cnn(-c2ccccc2OC)c1. The third-order valence-corrected chi connectivity index (χ3v) is 3.90. The standard InChI is InChI=1S/C17H21N3O4/c1-3-24-16-11-23-10-13(16)19-17(21)12-8-18-20(9-12)14-6-4-5-7-15(14)22-2/h4-9,13,16H,3,10-11H2,1-2H3,(H,19,21)/t13-,16-/m1/s1. The van der Waals surface area contributed by atoms with Gasteiger partial charge < -0.3 is 19.5 Å². The second-order valence-corrected chi connectivity index (χ2v) is 5.46. The average Bonchev–Trinajstić information content (AvgIpc) is 3.25. The molecule has 2 heterocycles. The number of carbonyl (C=O) groups excluding carboxylic acids is 1. The van der Waals surface area contributed by atoms with E-state index in [2.05, 4.69) is 10.4 Å². The highest BCUT2D eigenvalue weighted by Crippen LogP contribution is 2.21. The molecule has 1 saturated heterocycles. The van der Waals surface area contributed by atoms with Gasteiger partial charge in [-0.3, -0.25) is 4.79 Å². The van der Waals surface area contributed by atoms with E-state index in [4.69, 9.17) is 14.2 Å². The zero-order valence-electron chi connectivity index (χ0n) is 13.8. The second kappa shape index (κ2) is 7.46. The van der Waals surface area contributed by atoms with Crippen LogP contribution in [0.15, 0.2) is 36.7 Å². The number of methoxy groups -OCH3 is 1. The van der Waals surface area contributed by atoms with Crippen molar-refractivity contribution in [2.24, 2.45) is 0 Å². The van der Waals surface area contributed by atoms with E-state index in [1.54, 1.807) is 18.0 Å². The summed E-state index contributed by atoms with van der Waals surface area (Å²) in [7, 11) is 1.60. The van der Waals surface area contributed by atoms with E-state index < -0.39 is 0 Å². The van der Waals surface area contributed by atoms with E-state index in [0.29, 0.717) is 31.1 Å². The Bertz CT molecular complexity index is 701. The number of hydrogen-bond donors (Lipinski definition) is 1. The van der Waals surface area contributed by atoms with Crippen molar-refractivity contribution in [2.45, 2.75) is 19.1 Å². The molecule has 1 aromatic carbocycles. The highest BCUT2D eigenvalue weighted by Gasteiger charge is 2.30. The number of carbonyl (C=O) groups is 1. The molecule has 1 amide bonds. The molecule has 1 aromatic heterocycles. The molecule has 0 aliphatic carbocycles. The summed E-state index contributed by atoms with van der Waals surface area (Å²) in [4.78, 5) is 12.4. The first kappa shape index (κ1) is 16.5. The van der Waals surface area contributed by atoms with E-state index in [-0.39, 0.29) is 18.1 Å². The number of nitrogens with one attached hydrogen (secondary N) is 1. The van der Waals surface area contributed by atoms with E-state index in [9.17, 15) is 4.79 Å². The molecule has 7 heteroatoms. The first-order chi connectivity index (χ1) is 11.7. The van der Waals surface area contributed by atoms with Crippen LogP contribution >= 0.6 is 0 Å². The van der Waals surface area contributed by atoms with Gasteiger partial charge in [0, 0.05) is 12.8 Å². The Labute approximate surface area is 140 Å². The van der Waals surface area contributed by atoms with Crippen molar-refractivity contribution < 1.29 is 19.0 Å². The molecule has 7 nitrogen and oxygen atoms in total. The fraction of sp³-hybridized carbons (Fsp3) is 0.412. The van der Waals surface area contributed by atoms with Crippen molar-refractivity contribution >= 4 is 5.91 Å². The van der Waals surface area contributed by atoms with Crippen molar-refractivity contribution in [3.63, 3.8) is 0 Å². The van der Waals surface area contributed by atoms with Gasteiger partial charge in [-0.25, -0.2) is 4.68 Å². The van der Waals surface area contributed by atoms with Crippen molar-refractivity contribution in [1.82, 2.24) is 15.1 Å². The average molecular weight is 331 g/mol. The summed E-state index contributed by atoms with van der Waals surface area (Å²) in [6, 6.07) is 7.35. The predicted molar refractivity (Wildman–Crippen MR) is 87.6 cm³/mol. The van der Waals surface area contributed by atoms with Gasteiger partial charge in [-0.2, -0.15) is 5.10 Å². The van der Waals surface area contributed by atoms with Crippen molar-refractivity contribution in [3.8, 4) is 11.4 Å². The zero-order valence-corrected chi connectivity index (χ0v) is 13.8. The molecule has 128 valence electrons. The van der Waals surface area contributed by atoms with Crippen LogP contribution in [0, 0.1) is 0 Å². The van der Waals surface area contributed by atoms with Crippen LogP contribution in [0.25, 0.3) is 5.69 Å². The largest absolute Gasteiger partial charge is 0.494 e. The summed E-state index contributed by atoms with van der Waals surface area (Å²) in [5.41, 5.74) is 1.25. The molecule has 24 heavy (non-hydrogen) atoms. The number of benzene rings is 1. The molecular formula is C17H21N3O4. The molecule has 3 rings (SSSR count). The molecular weight excluding hydrogens is 310 g/mol. The number of rotatable bonds is 6. The summed E-state index contributed by atoms with van der Waals surface area (Å²) in [5, 5.41) is 7.21. The maximum absolute atomic E-state index is 12.4.